The number of halogens is 2. The van der Waals surface area contributed by atoms with Crippen molar-refractivity contribution in [2.45, 2.75) is 37.1 Å². The minimum Gasteiger partial charge on any atom is -0.336 e. The molecule has 0 aliphatic carbocycles. The maximum Gasteiger partial charge on any atom is 0.262 e. The Bertz CT molecular complexity index is 631. The molecule has 20 heavy (non-hydrogen) atoms. The van der Waals surface area contributed by atoms with Gasteiger partial charge in [-0.25, -0.2) is 8.42 Å². The Labute approximate surface area is 128 Å². The maximum atomic E-state index is 12.5. The van der Waals surface area contributed by atoms with Gasteiger partial charge in [0, 0.05) is 28.8 Å². The molecule has 110 valence electrons. The highest BCUT2D eigenvalue weighted by molar-refractivity contribution is 8.13. The van der Waals surface area contributed by atoms with E-state index in [1.807, 2.05) is 6.92 Å². The van der Waals surface area contributed by atoms with E-state index in [4.69, 9.17) is 22.3 Å². The van der Waals surface area contributed by atoms with Crippen LogP contribution in [0, 0.1) is 0 Å². The van der Waals surface area contributed by atoms with Crippen molar-refractivity contribution in [2.75, 3.05) is 6.54 Å². The second-order valence-electron chi connectivity index (χ2n) is 4.79. The van der Waals surface area contributed by atoms with Gasteiger partial charge < -0.3 is 4.90 Å². The molecule has 1 heterocycles. The highest BCUT2D eigenvalue weighted by Gasteiger charge is 2.29. The molecule has 1 atom stereocenters. The van der Waals surface area contributed by atoms with Crippen LogP contribution in [-0.4, -0.2) is 31.8 Å². The van der Waals surface area contributed by atoms with Gasteiger partial charge in [-0.1, -0.05) is 18.5 Å². The van der Waals surface area contributed by atoms with Crippen molar-refractivity contribution in [2.24, 2.45) is 0 Å². The fraction of sp³-hybridized carbons (Fsp3) is 0.462. The first-order valence-corrected chi connectivity index (χ1v) is 9.08. The number of carbonyl (C=O) groups is 1. The Morgan fingerprint density at radius 3 is 2.75 bits per heavy atom. The number of likely N-dealkylation sites (tertiary alicyclic amines) is 1. The summed E-state index contributed by atoms with van der Waals surface area (Å²) >= 11 is 5.81. The normalized spacial score (nSPS) is 19.4. The van der Waals surface area contributed by atoms with E-state index in [9.17, 15) is 13.2 Å². The third kappa shape index (κ3) is 3.10. The number of benzene rings is 1. The zero-order chi connectivity index (χ0) is 14.9. The molecule has 0 saturated carbocycles. The number of hydrogen-bond acceptors (Lipinski definition) is 3. The van der Waals surface area contributed by atoms with Crippen LogP contribution in [-0.2, 0) is 9.05 Å². The van der Waals surface area contributed by atoms with Crippen LogP contribution in [0.3, 0.4) is 0 Å². The minimum atomic E-state index is -3.96. The lowest BCUT2D eigenvalue weighted by molar-refractivity contribution is 0.0733. The molecular formula is C13H15Cl2NO3S. The van der Waals surface area contributed by atoms with Gasteiger partial charge in [0.2, 0.25) is 0 Å². The molecule has 1 amide bonds. The van der Waals surface area contributed by atoms with Crippen molar-refractivity contribution in [3.05, 3.63) is 28.8 Å². The Morgan fingerprint density at radius 1 is 1.45 bits per heavy atom. The minimum absolute atomic E-state index is 0.0185. The van der Waals surface area contributed by atoms with Gasteiger partial charge in [-0.2, -0.15) is 0 Å². The van der Waals surface area contributed by atoms with E-state index < -0.39 is 9.05 Å². The summed E-state index contributed by atoms with van der Waals surface area (Å²) in [5.74, 6) is -0.174. The number of nitrogens with zero attached hydrogens (tertiary/aromatic N) is 1. The third-order valence-corrected chi connectivity index (χ3v) is 5.35. The number of amides is 1. The first-order valence-electron chi connectivity index (χ1n) is 6.39. The summed E-state index contributed by atoms with van der Waals surface area (Å²) in [4.78, 5) is 14.0. The van der Waals surface area contributed by atoms with Gasteiger partial charge in [0.1, 0.15) is 4.90 Å². The molecule has 7 heteroatoms. The molecule has 1 saturated heterocycles. The summed E-state index contributed by atoms with van der Waals surface area (Å²) in [5, 5.41) is 0.0185. The molecule has 0 N–H and O–H groups in total. The van der Waals surface area contributed by atoms with Crippen LogP contribution in [0.4, 0.5) is 0 Å². The lowest BCUT2D eigenvalue weighted by Crippen LogP contribution is -2.35. The monoisotopic (exact) mass is 335 g/mol. The van der Waals surface area contributed by atoms with Crippen molar-refractivity contribution in [3.63, 3.8) is 0 Å². The second kappa shape index (κ2) is 5.92. The van der Waals surface area contributed by atoms with Crippen LogP contribution in [0.2, 0.25) is 5.02 Å². The fourth-order valence-electron chi connectivity index (χ4n) is 2.52. The van der Waals surface area contributed by atoms with Crippen LogP contribution in [0.15, 0.2) is 23.1 Å². The first kappa shape index (κ1) is 15.6. The standard InChI is InChI=1S/C13H15Cl2NO3S/c1-2-10-4-3-7-16(10)13(17)9-5-6-11(14)12(8-9)20(15,18)19/h5-6,8,10H,2-4,7H2,1H3. The first-order chi connectivity index (χ1) is 9.34. The zero-order valence-corrected chi connectivity index (χ0v) is 13.3. The predicted molar refractivity (Wildman–Crippen MR) is 78.8 cm³/mol. The van der Waals surface area contributed by atoms with Crippen LogP contribution in [0.25, 0.3) is 0 Å². The molecule has 0 bridgehead atoms. The van der Waals surface area contributed by atoms with Gasteiger partial charge in [-0.15, -0.1) is 0 Å². The number of carbonyl (C=O) groups excluding carboxylic acids is 1. The number of rotatable bonds is 3. The van der Waals surface area contributed by atoms with E-state index in [2.05, 4.69) is 0 Å². The Kier molecular flexibility index (Phi) is 4.62. The summed E-state index contributed by atoms with van der Waals surface area (Å²) in [6, 6.07) is 4.38. The highest BCUT2D eigenvalue weighted by atomic mass is 35.7. The van der Waals surface area contributed by atoms with Gasteiger partial charge in [0.25, 0.3) is 15.0 Å². The summed E-state index contributed by atoms with van der Waals surface area (Å²) in [6.07, 6.45) is 2.84. The third-order valence-electron chi connectivity index (χ3n) is 3.55. The molecule has 1 aliphatic rings. The van der Waals surface area contributed by atoms with Crippen molar-refractivity contribution >= 4 is 37.2 Å². The lowest BCUT2D eigenvalue weighted by Gasteiger charge is -2.23. The molecular weight excluding hydrogens is 321 g/mol. The summed E-state index contributed by atoms with van der Waals surface area (Å²) < 4.78 is 22.9. The Hall–Kier alpha value is -0.780. The molecule has 2 rings (SSSR count). The smallest absolute Gasteiger partial charge is 0.262 e. The lowest BCUT2D eigenvalue weighted by atomic mass is 10.1. The predicted octanol–water partition coefficient (Wildman–Crippen LogP) is 3.28. The van der Waals surface area contributed by atoms with Gasteiger partial charge in [0.05, 0.1) is 5.02 Å². The Morgan fingerprint density at radius 2 is 2.15 bits per heavy atom. The van der Waals surface area contributed by atoms with Gasteiger partial charge in [-0.05, 0) is 37.5 Å². The van der Waals surface area contributed by atoms with Crippen LogP contribution in [0.1, 0.15) is 36.5 Å². The van der Waals surface area contributed by atoms with Crippen molar-refractivity contribution < 1.29 is 13.2 Å². The molecule has 1 fully saturated rings. The van der Waals surface area contributed by atoms with E-state index in [1.54, 1.807) is 4.90 Å². The summed E-state index contributed by atoms with van der Waals surface area (Å²) in [5.41, 5.74) is 0.300. The van der Waals surface area contributed by atoms with Crippen molar-refractivity contribution in [3.8, 4) is 0 Å². The average molecular weight is 336 g/mol. The van der Waals surface area contributed by atoms with Crippen LogP contribution in [0.5, 0.6) is 0 Å². The van der Waals surface area contributed by atoms with Gasteiger partial charge >= 0.3 is 0 Å². The Balaban J connectivity index is 2.36. The second-order valence-corrected chi connectivity index (χ2v) is 7.73. The van der Waals surface area contributed by atoms with Gasteiger partial charge in [-0.3, -0.25) is 4.79 Å². The quantitative estimate of drug-likeness (QED) is 0.796. The van der Waals surface area contributed by atoms with Crippen LogP contribution >= 0.6 is 22.3 Å². The molecule has 4 nitrogen and oxygen atoms in total. The maximum absolute atomic E-state index is 12.5. The zero-order valence-electron chi connectivity index (χ0n) is 11.0. The fourth-order valence-corrected chi connectivity index (χ4v) is 4.01. The molecule has 1 aromatic rings. The summed E-state index contributed by atoms with van der Waals surface area (Å²) in [6.45, 7) is 2.73. The van der Waals surface area contributed by atoms with Gasteiger partial charge in [0.15, 0.2) is 0 Å². The molecule has 0 radical (unpaired) electrons. The van der Waals surface area contributed by atoms with Crippen molar-refractivity contribution in [1.29, 1.82) is 0 Å². The largest absolute Gasteiger partial charge is 0.336 e. The van der Waals surface area contributed by atoms with Crippen molar-refractivity contribution in [1.82, 2.24) is 4.90 Å². The topological polar surface area (TPSA) is 54.5 Å². The molecule has 0 spiro atoms. The van der Waals surface area contributed by atoms with E-state index >= 15 is 0 Å². The average Bonchev–Trinajstić information content (AvgIpc) is 2.85. The van der Waals surface area contributed by atoms with E-state index in [-0.39, 0.29) is 21.9 Å². The van der Waals surface area contributed by atoms with Crippen LogP contribution < -0.4 is 0 Å². The van der Waals surface area contributed by atoms with E-state index in [1.165, 1.54) is 18.2 Å². The molecule has 1 aromatic carbocycles. The van der Waals surface area contributed by atoms with E-state index in [0.29, 0.717) is 12.1 Å². The molecule has 1 aliphatic heterocycles. The van der Waals surface area contributed by atoms with E-state index in [0.717, 1.165) is 19.3 Å². The molecule has 0 aromatic heterocycles. The SMILES string of the molecule is CCC1CCCN1C(=O)c1ccc(Cl)c(S(=O)(=O)Cl)c1. The molecule has 1 unspecified atom stereocenters. The highest BCUT2D eigenvalue weighted by Crippen LogP contribution is 2.28. The number of hydrogen-bond donors (Lipinski definition) is 0. The summed E-state index contributed by atoms with van der Waals surface area (Å²) in [7, 11) is 1.36.